The molecule has 1 aromatic carbocycles. The fourth-order valence-electron chi connectivity index (χ4n) is 2.85. The first-order chi connectivity index (χ1) is 13.5. The summed E-state index contributed by atoms with van der Waals surface area (Å²) in [5.74, 6) is -0.501. The van der Waals surface area contributed by atoms with E-state index in [1.807, 2.05) is 0 Å². The lowest BCUT2D eigenvalue weighted by atomic mass is 10.2. The Kier molecular flexibility index (Phi) is 6.47. The number of nitrogens with zero attached hydrogens (tertiary/aromatic N) is 2. The Balaban J connectivity index is 1.58. The van der Waals surface area contributed by atoms with E-state index in [0.29, 0.717) is 17.5 Å². The first-order valence-corrected chi connectivity index (χ1v) is 9.60. The van der Waals surface area contributed by atoms with E-state index in [9.17, 15) is 19.7 Å². The summed E-state index contributed by atoms with van der Waals surface area (Å²) in [5, 5.41) is 16.2. The zero-order valence-electron chi connectivity index (χ0n) is 15.2. The Hall–Kier alpha value is -2.66. The van der Waals surface area contributed by atoms with Crippen molar-refractivity contribution >= 4 is 40.1 Å². The molecule has 2 aliphatic heterocycles. The van der Waals surface area contributed by atoms with Crippen molar-refractivity contribution in [2.24, 2.45) is 4.99 Å². The molecule has 2 fully saturated rings. The summed E-state index contributed by atoms with van der Waals surface area (Å²) in [6.07, 6.45) is 1.90. The number of ether oxygens (including phenoxy) is 2. The van der Waals surface area contributed by atoms with E-state index < -0.39 is 16.1 Å². The molecule has 1 aromatic rings. The third-order valence-electron chi connectivity index (χ3n) is 4.29. The van der Waals surface area contributed by atoms with Crippen molar-refractivity contribution in [1.82, 2.24) is 5.32 Å². The molecular formula is C17H20N4O6S. The normalized spacial score (nSPS) is 22.9. The third-order valence-corrected chi connectivity index (χ3v) is 5.41. The molecule has 0 saturated carbocycles. The average Bonchev–Trinajstić information content (AvgIpc) is 3.30. The molecule has 3 rings (SSSR count). The lowest BCUT2D eigenvalue weighted by Crippen LogP contribution is -2.28. The maximum absolute atomic E-state index is 12.3. The van der Waals surface area contributed by atoms with Crippen LogP contribution in [-0.4, -0.2) is 53.5 Å². The molecule has 0 bridgehead atoms. The van der Waals surface area contributed by atoms with Gasteiger partial charge in [-0.05, 0) is 25.0 Å². The number of aliphatic imine (C=N–C) groups is 1. The molecule has 2 N–H and O–H groups in total. The second-order valence-electron chi connectivity index (χ2n) is 6.27. The van der Waals surface area contributed by atoms with Gasteiger partial charge in [0.15, 0.2) is 5.17 Å². The van der Waals surface area contributed by atoms with Crippen molar-refractivity contribution < 1.29 is 24.0 Å². The molecule has 2 amide bonds. The molecule has 0 aliphatic carbocycles. The van der Waals surface area contributed by atoms with Crippen molar-refractivity contribution in [2.75, 3.05) is 25.6 Å². The summed E-state index contributed by atoms with van der Waals surface area (Å²) in [5.41, 5.74) is -0.235. The van der Waals surface area contributed by atoms with E-state index in [-0.39, 0.29) is 29.8 Å². The minimum atomic E-state index is -0.638. The molecular weight excluding hydrogens is 388 g/mol. The molecule has 11 heteroatoms. The largest absolute Gasteiger partial charge is 0.496 e. The van der Waals surface area contributed by atoms with Crippen molar-refractivity contribution in [3.05, 3.63) is 28.3 Å². The Morgan fingerprint density at radius 3 is 3.04 bits per heavy atom. The van der Waals surface area contributed by atoms with Gasteiger partial charge < -0.3 is 20.1 Å². The summed E-state index contributed by atoms with van der Waals surface area (Å²) >= 11 is 1.18. The number of nitro benzene ring substituents is 1. The lowest BCUT2D eigenvalue weighted by Gasteiger charge is -2.09. The quantitative estimate of drug-likeness (QED) is 0.518. The predicted molar refractivity (Wildman–Crippen MR) is 104 cm³/mol. The van der Waals surface area contributed by atoms with E-state index in [1.54, 1.807) is 0 Å². The second kappa shape index (κ2) is 9.02. The van der Waals surface area contributed by atoms with Crippen molar-refractivity contribution in [2.45, 2.75) is 30.6 Å². The molecule has 2 aliphatic rings. The second-order valence-corrected chi connectivity index (χ2v) is 7.46. The predicted octanol–water partition coefficient (Wildman–Crippen LogP) is 1.70. The Morgan fingerprint density at radius 1 is 1.54 bits per heavy atom. The Bertz CT molecular complexity index is 809. The van der Waals surface area contributed by atoms with E-state index in [2.05, 4.69) is 15.6 Å². The van der Waals surface area contributed by atoms with Gasteiger partial charge in [-0.3, -0.25) is 24.7 Å². The van der Waals surface area contributed by atoms with Crippen LogP contribution < -0.4 is 15.4 Å². The van der Waals surface area contributed by atoms with Gasteiger partial charge in [0.1, 0.15) is 16.7 Å². The number of benzene rings is 1. The highest BCUT2D eigenvalue weighted by atomic mass is 32.2. The van der Waals surface area contributed by atoms with Crippen LogP contribution >= 0.6 is 11.8 Å². The highest BCUT2D eigenvalue weighted by Gasteiger charge is 2.32. The molecule has 10 nitrogen and oxygen atoms in total. The van der Waals surface area contributed by atoms with Gasteiger partial charge in [-0.15, -0.1) is 0 Å². The summed E-state index contributed by atoms with van der Waals surface area (Å²) in [7, 11) is 1.39. The van der Waals surface area contributed by atoms with Crippen LogP contribution in [0.5, 0.6) is 5.75 Å². The van der Waals surface area contributed by atoms with Gasteiger partial charge in [-0.2, -0.15) is 0 Å². The maximum Gasteiger partial charge on any atom is 0.296 e. The highest BCUT2D eigenvalue weighted by molar-refractivity contribution is 8.15. The van der Waals surface area contributed by atoms with Crippen LogP contribution in [-0.2, 0) is 14.3 Å². The van der Waals surface area contributed by atoms with Gasteiger partial charge in [0.2, 0.25) is 11.8 Å². The van der Waals surface area contributed by atoms with E-state index in [0.717, 1.165) is 19.4 Å². The highest BCUT2D eigenvalue weighted by Crippen LogP contribution is 2.30. The third kappa shape index (κ3) is 4.98. The average molecular weight is 408 g/mol. The van der Waals surface area contributed by atoms with Crippen molar-refractivity contribution in [1.29, 1.82) is 0 Å². The first kappa shape index (κ1) is 20.1. The molecule has 150 valence electrons. The van der Waals surface area contributed by atoms with Crippen LogP contribution in [0.15, 0.2) is 23.2 Å². The fourth-order valence-corrected chi connectivity index (χ4v) is 3.83. The van der Waals surface area contributed by atoms with E-state index in [4.69, 9.17) is 9.47 Å². The molecule has 0 unspecified atom stereocenters. The van der Waals surface area contributed by atoms with Crippen LogP contribution in [0.1, 0.15) is 19.3 Å². The number of rotatable bonds is 7. The van der Waals surface area contributed by atoms with Gasteiger partial charge in [-0.1, -0.05) is 11.8 Å². The number of nitro groups is 1. The Labute approximate surface area is 165 Å². The number of nitrogens with one attached hydrogen (secondary N) is 2. The van der Waals surface area contributed by atoms with E-state index >= 15 is 0 Å². The molecule has 2 saturated heterocycles. The smallest absolute Gasteiger partial charge is 0.296 e. The standard InChI is InChI=1S/C17H20N4O6S/c1-26-10-4-5-12(13(7-10)21(24)25)19-15(22)8-14-16(23)20-17(28-14)18-9-11-3-2-6-27-11/h4-5,7,11,14H,2-3,6,8-9H2,1H3,(H,19,22)(H,18,20,23)/t11-,14+/m1/s1. The van der Waals surface area contributed by atoms with Crippen molar-refractivity contribution in [3.63, 3.8) is 0 Å². The van der Waals surface area contributed by atoms with Crippen LogP contribution in [0.25, 0.3) is 0 Å². The molecule has 0 radical (unpaired) electrons. The molecule has 0 aromatic heterocycles. The summed E-state index contributed by atoms with van der Waals surface area (Å²) in [6.45, 7) is 1.20. The van der Waals surface area contributed by atoms with Crippen LogP contribution in [0.4, 0.5) is 11.4 Å². The van der Waals surface area contributed by atoms with Gasteiger partial charge in [-0.25, -0.2) is 0 Å². The van der Waals surface area contributed by atoms with Crippen LogP contribution in [0, 0.1) is 10.1 Å². The Morgan fingerprint density at radius 2 is 2.36 bits per heavy atom. The number of hydrogen-bond acceptors (Lipinski definition) is 8. The number of hydrogen-bond donors (Lipinski definition) is 2. The lowest BCUT2D eigenvalue weighted by molar-refractivity contribution is -0.384. The number of anilines is 1. The number of amidine groups is 1. The zero-order chi connectivity index (χ0) is 20.1. The fraction of sp³-hybridized carbons (Fsp3) is 0.471. The summed E-state index contributed by atoms with van der Waals surface area (Å²) < 4.78 is 10.5. The van der Waals surface area contributed by atoms with Gasteiger partial charge in [0.05, 0.1) is 30.7 Å². The van der Waals surface area contributed by atoms with Crippen LogP contribution in [0.2, 0.25) is 0 Å². The number of carbonyl (C=O) groups excluding carboxylic acids is 2. The molecule has 2 atom stereocenters. The minimum absolute atomic E-state index is 0.0477. The maximum atomic E-state index is 12.3. The zero-order valence-corrected chi connectivity index (χ0v) is 16.0. The molecule has 2 heterocycles. The van der Waals surface area contributed by atoms with E-state index in [1.165, 1.54) is 37.1 Å². The van der Waals surface area contributed by atoms with Gasteiger partial charge in [0.25, 0.3) is 5.69 Å². The number of amides is 2. The summed E-state index contributed by atoms with van der Waals surface area (Å²) in [6, 6.07) is 4.13. The monoisotopic (exact) mass is 408 g/mol. The first-order valence-electron chi connectivity index (χ1n) is 8.72. The molecule has 28 heavy (non-hydrogen) atoms. The number of carbonyl (C=O) groups is 2. The minimum Gasteiger partial charge on any atom is -0.496 e. The van der Waals surface area contributed by atoms with Gasteiger partial charge >= 0.3 is 0 Å². The molecule has 0 spiro atoms. The topological polar surface area (TPSA) is 132 Å². The number of methoxy groups -OCH3 is 1. The summed E-state index contributed by atoms with van der Waals surface area (Å²) in [4.78, 5) is 39.3. The SMILES string of the molecule is COc1ccc(NC(=O)C[C@@H]2SC(=NC[C@H]3CCCO3)NC2=O)c([N+](=O)[O-])c1. The number of thioether (sulfide) groups is 1. The van der Waals surface area contributed by atoms with Crippen molar-refractivity contribution in [3.8, 4) is 5.75 Å². The van der Waals surface area contributed by atoms with Gasteiger partial charge in [0, 0.05) is 13.0 Å². The van der Waals surface area contributed by atoms with Crippen LogP contribution in [0.3, 0.4) is 0 Å².